The molecular weight excluding hydrogens is 234 g/mol. The minimum Gasteiger partial charge on any atom is -0.378 e. The summed E-state index contributed by atoms with van der Waals surface area (Å²) in [4.78, 5) is 12.9. The Morgan fingerprint density at radius 1 is 1.44 bits per heavy atom. The van der Waals surface area contributed by atoms with Crippen LogP contribution in [0.2, 0.25) is 0 Å². The van der Waals surface area contributed by atoms with Gasteiger partial charge in [0.05, 0.1) is 13.2 Å². The van der Waals surface area contributed by atoms with Crippen molar-refractivity contribution in [2.45, 2.75) is 11.7 Å². The zero-order valence-corrected chi connectivity index (χ0v) is 9.78. The Hall–Kier alpha value is -0.700. The van der Waals surface area contributed by atoms with Crippen molar-refractivity contribution in [3.63, 3.8) is 0 Å². The summed E-state index contributed by atoms with van der Waals surface area (Å²) in [7, 11) is -3.63. The summed E-state index contributed by atoms with van der Waals surface area (Å²) in [5.74, 6) is -0.199. The topological polar surface area (TPSA) is 116 Å². The van der Waals surface area contributed by atoms with Crippen molar-refractivity contribution in [2.75, 3.05) is 32.8 Å². The predicted octanol–water partition coefficient (Wildman–Crippen LogP) is -2.15. The molecule has 0 aromatic heterocycles. The molecule has 1 saturated heterocycles. The summed E-state index contributed by atoms with van der Waals surface area (Å²) in [6, 6.07) is 0. The number of sulfonamides is 1. The van der Waals surface area contributed by atoms with Gasteiger partial charge in [-0.2, -0.15) is 0 Å². The number of nitrogens with two attached hydrogens (primary N) is 2. The van der Waals surface area contributed by atoms with Crippen LogP contribution < -0.4 is 10.9 Å². The Kier molecular flexibility index (Phi) is 4.66. The Morgan fingerprint density at radius 2 is 2.12 bits per heavy atom. The maximum atomic E-state index is 11.4. The van der Waals surface area contributed by atoms with Crippen LogP contribution in [0.3, 0.4) is 0 Å². The second kappa shape index (κ2) is 5.58. The van der Waals surface area contributed by atoms with E-state index in [9.17, 15) is 13.2 Å². The van der Waals surface area contributed by atoms with Gasteiger partial charge in [-0.05, 0) is 0 Å². The number of hydrogen-bond acceptors (Lipinski definition) is 5. The third-order valence-electron chi connectivity index (χ3n) is 2.41. The Balaban J connectivity index is 2.37. The number of ether oxygens (including phenoxy) is 1. The lowest BCUT2D eigenvalue weighted by Gasteiger charge is -2.15. The fourth-order valence-corrected chi connectivity index (χ4v) is 2.29. The maximum Gasteiger partial charge on any atom is 0.224 e. The summed E-state index contributed by atoms with van der Waals surface area (Å²) < 4.78 is 27.2. The van der Waals surface area contributed by atoms with Crippen LogP contribution in [0.1, 0.15) is 6.42 Å². The molecule has 7 nitrogen and oxygen atoms in total. The molecule has 1 fully saturated rings. The lowest BCUT2D eigenvalue weighted by molar-refractivity contribution is -0.128. The highest BCUT2D eigenvalue weighted by molar-refractivity contribution is 7.89. The number of amides is 1. The zero-order chi connectivity index (χ0) is 12.2. The summed E-state index contributed by atoms with van der Waals surface area (Å²) in [6.45, 7) is 1.75. The fraction of sp³-hybridized carbons (Fsp3) is 0.875. The molecule has 0 bridgehead atoms. The molecule has 1 unspecified atom stereocenters. The Labute approximate surface area is 94.8 Å². The van der Waals surface area contributed by atoms with Gasteiger partial charge >= 0.3 is 0 Å². The van der Waals surface area contributed by atoms with Gasteiger partial charge in [-0.25, -0.2) is 13.6 Å². The smallest absolute Gasteiger partial charge is 0.224 e. The van der Waals surface area contributed by atoms with E-state index in [2.05, 4.69) is 0 Å². The van der Waals surface area contributed by atoms with Gasteiger partial charge in [0.15, 0.2) is 0 Å². The SMILES string of the molecule is NCCOCCN1CC(S(N)(=O)=O)CC1=O. The summed E-state index contributed by atoms with van der Waals surface area (Å²) >= 11 is 0. The van der Waals surface area contributed by atoms with E-state index in [-0.39, 0.29) is 18.9 Å². The summed E-state index contributed by atoms with van der Waals surface area (Å²) in [5, 5.41) is 4.20. The summed E-state index contributed by atoms with van der Waals surface area (Å²) in [6.07, 6.45) is -0.0320. The van der Waals surface area contributed by atoms with E-state index in [1.807, 2.05) is 0 Å². The van der Waals surface area contributed by atoms with Crippen molar-refractivity contribution in [2.24, 2.45) is 10.9 Å². The van der Waals surface area contributed by atoms with Gasteiger partial charge in [-0.15, -0.1) is 0 Å². The fourth-order valence-electron chi connectivity index (χ4n) is 1.53. The van der Waals surface area contributed by atoms with Gasteiger partial charge in [-0.1, -0.05) is 0 Å². The van der Waals surface area contributed by atoms with E-state index >= 15 is 0 Å². The van der Waals surface area contributed by atoms with Crippen LogP contribution in [0.25, 0.3) is 0 Å². The van der Waals surface area contributed by atoms with E-state index in [1.54, 1.807) is 0 Å². The number of likely N-dealkylation sites (tertiary alicyclic amines) is 1. The number of carbonyl (C=O) groups excluding carboxylic acids is 1. The monoisotopic (exact) mass is 251 g/mol. The third-order valence-corrected chi connectivity index (χ3v) is 3.66. The zero-order valence-electron chi connectivity index (χ0n) is 8.96. The van der Waals surface area contributed by atoms with Gasteiger partial charge in [0, 0.05) is 26.1 Å². The van der Waals surface area contributed by atoms with E-state index in [0.717, 1.165) is 0 Å². The molecule has 1 rings (SSSR count). The van der Waals surface area contributed by atoms with E-state index in [1.165, 1.54) is 4.90 Å². The molecular formula is C8H17N3O4S. The molecule has 16 heavy (non-hydrogen) atoms. The van der Waals surface area contributed by atoms with Crippen molar-refractivity contribution in [1.29, 1.82) is 0 Å². The van der Waals surface area contributed by atoms with Crippen LogP contribution in [0.4, 0.5) is 0 Å². The second-order valence-corrected chi connectivity index (χ2v) is 5.50. The third kappa shape index (κ3) is 3.71. The predicted molar refractivity (Wildman–Crippen MR) is 58.0 cm³/mol. The van der Waals surface area contributed by atoms with Crippen LogP contribution in [0.5, 0.6) is 0 Å². The molecule has 8 heteroatoms. The minimum atomic E-state index is -3.63. The van der Waals surface area contributed by atoms with E-state index in [0.29, 0.717) is 26.3 Å². The lowest BCUT2D eigenvalue weighted by Crippen LogP contribution is -2.33. The van der Waals surface area contributed by atoms with Gasteiger partial charge in [0.2, 0.25) is 15.9 Å². The Bertz CT molecular complexity index is 343. The number of hydrogen-bond donors (Lipinski definition) is 2. The molecule has 0 radical (unpaired) electrons. The van der Waals surface area contributed by atoms with Crippen LogP contribution in [0.15, 0.2) is 0 Å². The molecule has 0 spiro atoms. The average Bonchev–Trinajstić information content (AvgIpc) is 2.55. The van der Waals surface area contributed by atoms with Crippen molar-refractivity contribution < 1.29 is 17.9 Å². The van der Waals surface area contributed by atoms with Crippen LogP contribution in [-0.2, 0) is 19.6 Å². The molecule has 1 atom stereocenters. The normalized spacial score (nSPS) is 21.8. The first kappa shape index (κ1) is 13.4. The van der Waals surface area contributed by atoms with Gasteiger partial charge in [0.1, 0.15) is 5.25 Å². The first-order valence-electron chi connectivity index (χ1n) is 5.02. The molecule has 0 aliphatic carbocycles. The van der Waals surface area contributed by atoms with Gasteiger partial charge in [-0.3, -0.25) is 4.79 Å². The first-order valence-corrected chi connectivity index (χ1v) is 6.63. The molecule has 1 aliphatic rings. The van der Waals surface area contributed by atoms with E-state index in [4.69, 9.17) is 15.6 Å². The molecule has 0 aromatic rings. The van der Waals surface area contributed by atoms with Crippen LogP contribution in [-0.4, -0.2) is 57.3 Å². The molecule has 1 heterocycles. The van der Waals surface area contributed by atoms with Crippen molar-refractivity contribution >= 4 is 15.9 Å². The number of nitrogens with zero attached hydrogens (tertiary/aromatic N) is 1. The van der Waals surface area contributed by atoms with E-state index < -0.39 is 15.3 Å². The highest BCUT2D eigenvalue weighted by Gasteiger charge is 2.35. The highest BCUT2D eigenvalue weighted by Crippen LogP contribution is 2.15. The van der Waals surface area contributed by atoms with Crippen molar-refractivity contribution in [1.82, 2.24) is 4.90 Å². The largest absolute Gasteiger partial charge is 0.378 e. The molecule has 0 aromatic carbocycles. The number of primary sulfonamides is 1. The highest BCUT2D eigenvalue weighted by atomic mass is 32.2. The minimum absolute atomic E-state index is 0.0320. The maximum absolute atomic E-state index is 11.4. The quantitative estimate of drug-likeness (QED) is 0.522. The molecule has 1 amide bonds. The molecule has 4 N–H and O–H groups in total. The standard InChI is InChI=1S/C8H17N3O4S/c9-1-3-15-4-2-11-6-7(5-8(11)12)16(10,13)14/h7H,1-6,9H2,(H2,10,13,14). The molecule has 0 saturated carbocycles. The second-order valence-electron chi connectivity index (χ2n) is 3.66. The average molecular weight is 251 g/mol. The van der Waals surface area contributed by atoms with Crippen molar-refractivity contribution in [3.05, 3.63) is 0 Å². The van der Waals surface area contributed by atoms with Gasteiger partial charge < -0.3 is 15.4 Å². The van der Waals surface area contributed by atoms with Crippen LogP contribution in [0, 0.1) is 0 Å². The molecule has 94 valence electrons. The Morgan fingerprint density at radius 3 is 2.62 bits per heavy atom. The first-order chi connectivity index (χ1) is 7.45. The summed E-state index contributed by atoms with van der Waals surface area (Å²) in [5.41, 5.74) is 5.23. The van der Waals surface area contributed by atoms with Crippen molar-refractivity contribution in [3.8, 4) is 0 Å². The molecule has 1 aliphatic heterocycles. The lowest BCUT2D eigenvalue weighted by atomic mass is 10.4. The number of carbonyl (C=O) groups is 1. The number of rotatable bonds is 6. The van der Waals surface area contributed by atoms with Gasteiger partial charge in [0.25, 0.3) is 0 Å². The van der Waals surface area contributed by atoms with Crippen LogP contribution >= 0.6 is 0 Å².